The number of hydrogen-bond donors (Lipinski definition) is 2. The molecular weight excluding hydrogens is 281 g/mol. The fourth-order valence-electron chi connectivity index (χ4n) is 1.61. The molecule has 20 heavy (non-hydrogen) atoms. The molecule has 6 heteroatoms. The Kier molecular flexibility index (Phi) is 3.87. The number of rotatable bonds is 2. The first-order valence-electron chi connectivity index (χ1n) is 5.57. The number of halogens is 2. The maximum Gasteiger partial charge on any atom is 0.257 e. The molecule has 0 saturated carbocycles. The molecule has 0 bridgehead atoms. The minimum atomic E-state index is -0.554. The smallest absolute Gasteiger partial charge is 0.257 e. The topological polar surface area (TPSA) is 78.9 Å². The molecule has 4 nitrogen and oxygen atoms in total. The molecule has 0 spiro atoms. The van der Waals surface area contributed by atoms with Crippen LogP contribution in [-0.2, 0) is 0 Å². The zero-order valence-corrected chi connectivity index (χ0v) is 10.9. The number of nitrogens with zero attached hydrogens (tertiary/aromatic N) is 1. The molecule has 0 aliphatic rings. The molecule has 3 N–H and O–H groups in total. The van der Waals surface area contributed by atoms with Gasteiger partial charge < -0.3 is 11.1 Å². The summed E-state index contributed by atoms with van der Waals surface area (Å²) in [6.07, 6.45) is 0. The van der Waals surface area contributed by atoms with Crippen molar-refractivity contribution in [2.75, 3.05) is 11.1 Å². The van der Waals surface area contributed by atoms with Gasteiger partial charge in [-0.15, -0.1) is 0 Å². The molecule has 2 aromatic rings. The number of hydrogen-bond acceptors (Lipinski definition) is 3. The Balaban J connectivity index is 2.26. The second kappa shape index (κ2) is 5.59. The third-order valence-electron chi connectivity index (χ3n) is 2.61. The molecular formula is C14H9ClFN3O. The minimum Gasteiger partial charge on any atom is -0.398 e. The van der Waals surface area contributed by atoms with Crippen molar-refractivity contribution in [3.63, 3.8) is 0 Å². The van der Waals surface area contributed by atoms with Crippen molar-refractivity contribution in [2.24, 2.45) is 0 Å². The Morgan fingerprint density at radius 1 is 1.30 bits per heavy atom. The van der Waals surface area contributed by atoms with Gasteiger partial charge in [-0.1, -0.05) is 11.6 Å². The molecule has 0 radical (unpaired) electrons. The zero-order valence-electron chi connectivity index (χ0n) is 10.2. The second-order valence-electron chi connectivity index (χ2n) is 3.99. The van der Waals surface area contributed by atoms with Crippen LogP contribution in [-0.4, -0.2) is 5.91 Å². The lowest BCUT2D eigenvalue weighted by molar-refractivity contribution is 0.102. The van der Waals surface area contributed by atoms with Crippen LogP contribution in [0.5, 0.6) is 0 Å². The molecule has 0 fully saturated rings. The van der Waals surface area contributed by atoms with Crippen LogP contribution in [0.1, 0.15) is 15.9 Å². The quantitative estimate of drug-likeness (QED) is 0.833. The lowest BCUT2D eigenvalue weighted by atomic mass is 10.1. The highest BCUT2D eigenvalue weighted by atomic mass is 35.5. The van der Waals surface area contributed by atoms with Crippen molar-refractivity contribution in [3.8, 4) is 6.07 Å². The highest BCUT2D eigenvalue weighted by molar-refractivity contribution is 6.32. The largest absolute Gasteiger partial charge is 0.398 e. The zero-order chi connectivity index (χ0) is 14.7. The van der Waals surface area contributed by atoms with Gasteiger partial charge in [-0.3, -0.25) is 4.79 Å². The molecule has 1 amide bonds. The molecule has 0 heterocycles. The molecule has 0 saturated heterocycles. The number of carbonyl (C=O) groups is 1. The molecule has 0 atom stereocenters. The summed E-state index contributed by atoms with van der Waals surface area (Å²) in [5.74, 6) is -1.11. The van der Waals surface area contributed by atoms with Crippen molar-refractivity contribution in [3.05, 3.63) is 58.4 Å². The maximum atomic E-state index is 13.1. The van der Waals surface area contributed by atoms with Gasteiger partial charge in [0.1, 0.15) is 11.9 Å². The second-order valence-corrected chi connectivity index (χ2v) is 4.40. The van der Waals surface area contributed by atoms with Gasteiger partial charge in [0.15, 0.2) is 0 Å². The van der Waals surface area contributed by atoms with Gasteiger partial charge in [0.05, 0.1) is 16.1 Å². The lowest BCUT2D eigenvalue weighted by Crippen LogP contribution is -2.14. The minimum absolute atomic E-state index is 0.0329. The first-order valence-corrected chi connectivity index (χ1v) is 5.95. The van der Waals surface area contributed by atoms with Crippen LogP contribution >= 0.6 is 11.6 Å². The molecule has 0 aliphatic heterocycles. The Morgan fingerprint density at radius 2 is 2.05 bits per heavy atom. The van der Waals surface area contributed by atoms with Crippen LogP contribution in [0.4, 0.5) is 15.8 Å². The van der Waals surface area contributed by atoms with Gasteiger partial charge in [0, 0.05) is 11.4 Å². The van der Waals surface area contributed by atoms with Gasteiger partial charge in [0.25, 0.3) is 5.91 Å². The lowest BCUT2D eigenvalue weighted by Gasteiger charge is -2.08. The predicted molar refractivity (Wildman–Crippen MR) is 74.9 cm³/mol. The van der Waals surface area contributed by atoms with Crippen LogP contribution in [0.25, 0.3) is 0 Å². The first-order chi connectivity index (χ1) is 9.51. The van der Waals surface area contributed by atoms with Crippen molar-refractivity contribution in [1.82, 2.24) is 0 Å². The van der Waals surface area contributed by atoms with E-state index in [0.29, 0.717) is 11.3 Å². The Labute approximate surface area is 119 Å². The Bertz CT molecular complexity index is 725. The van der Waals surface area contributed by atoms with E-state index in [1.54, 1.807) is 0 Å². The van der Waals surface area contributed by atoms with E-state index in [-0.39, 0.29) is 16.3 Å². The van der Waals surface area contributed by atoms with Gasteiger partial charge in [-0.25, -0.2) is 4.39 Å². The van der Waals surface area contributed by atoms with Crippen molar-refractivity contribution in [1.29, 1.82) is 5.26 Å². The number of carbonyl (C=O) groups excluding carboxylic acids is 1. The van der Waals surface area contributed by atoms with Crippen LogP contribution in [0.2, 0.25) is 5.02 Å². The van der Waals surface area contributed by atoms with Crippen molar-refractivity contribution >= 4 is 28.9 Å². The van der Waals surface area contributed by atoms with E-state index in [0.717, 1.165) is 6.07 Å². The van der Waals surface area contributed by atoms with E-state index in [2.05, 4.69) is 5.32 Å². The van der Waals surface area contributed by atoms with E-state index in [4.69, 9.17) is 22.6 Å². The number of anilines is 2. The molecule has 2 rings (SSSR count). The third-order valence-corrected chi connectivity index (χ3v) is 2.92. The number of nitrogens with two attached hydrogens (primary N) is 1. The summed E-state index contributed by atoms with van der Waals surface area (Å²) in [5, 5.41) is 11.5. The van der Waals surface area contributed by atoms with Gasteiger partial charge in [0.2, 0.25) is 0 Å². The summed E-state index contributed by atoms with van der Waals surface area (Å²) in [4.78, 5) is 12.0. The SMILES string of the molecule is N#Cc1ccc(NC(=O)c2cc(F)ccc2N)cc1Cl. The molecule has 0 aliphatic carbocycles. The number of nitrogens with one attached hydrogen (secondary N) is 1. The highest BCUT2D eigenvalue weighted by Crippen LogP contribution is 2.21. The predicted octanol–water partition coefficient (Wildman–Crippen LogP) is 3.19. The maximum absolute atomic E-state index is 13.1. The van der Waals surface area contributed by atoms with Crippen LogP contribution < -0.4 is 11.1 Å². The number of amides is 1. The van der Waals surface area contributed by atoms with Gasteiger partial charge >= 0.3 is 0 Å². The van der Waals surface area contributed by atoms with Crippen LogP contribution in [0, 0.1) is 17.1 Å². The van der Waals surface area contributed by atoms with E-state index in [9.17, 15) is 9.18 Å². The fourth-order valence-corrected chi connectivity index (χ4v) is 1.83. The molecule has 2 aromatic carbocycles. The van der Waals surface area contributed by atoms with E-state index >= 15 is 0 Å². The summed E-state index contributed by atoms with van der Waals surface area (Å²) in [6.45, 7) is 0. The highest BCUT2D eigenvalue weighted by Gasteiger charge is 2.12. The standard InChI is InChI=1S/C14H9ClFN3O/c15-12-6-10(3-1-8(12)7-17)19-14(20)11-5-9(16)2-4-13(11)18/h1-6H,18H2,(H,19,20). The monoisotopic (exact) mass is 289 g/mol. The number of nitrogen functional groups attached to an aromatic ring is 1. The molecule has 0 aromatic heterocycles. The van der Waals surface area contributed by atoms with Crippen LogP contribution in [0.3, 0.4) is 0 Å². The third kappa shape index (κ3) is 2.87. The number of nitriles is 1. The summed E-state index contributed by atoms with van der Waals surface area (Å²) in [6, 6.07) is 9.89. The molecule has 0 unspecified atom stereocenters. The van der Waals surface area contributed by atoms with E-state index in [1.165, 1.54) is 30.3 Å². The Morgan fingerprint density at radius 3 is 2.70 bits per heavy atom. The van der Waals surface area contributed by atoms with Crippen molar-refractivity contribution in [2.45, 2.75) is 0 Å². The summed E-state index contributed by atoms with van der Waals surface area (Å²) in [5.41, 5.74) is 6.52. The average molecular weight is 290 g/mol. The van der Waals surface area contributed by atoms with Gasteiger partial charge in [-0.05, 0) is 36.4 Å². The number of benzene rings is 2. The summed E-state index contributed by atoms with van der Waals surface area (Å²) in [7, 11) is 0. The Hall–Kier alpha value is -2.58. The fraction of sp³-hybridized carbons (Fsp3) is 0. The summed E-state index contributed by atoms with van der Waals surface area (Å²) < 4.78 is 13.1. The normalized spacial score (nSPS) is 9.85. The van der Waals surface area contributed by atoms with E-state index in [1.807, 2.05) is 6.07 Å². The molecule has 100 valence electrons. The summed E-state index contributed by atoms with van der Waals surface area (Å²) >= 11 is 5.86. The van der Waals surface area contributed by atoms with Gasteiger partial charge in [-0.2, -0.15) is 5.26 Å². The van der Waals surface area contributed by atoms with E-state index < -0.39 is 11.7 Å². The van der Waals surface area contributed by atoms with Crippen LogP contribution in [0.15, 0.2) is 36.4 Å². The van der Waals surface area contributed by atoms with Crippen molar-refractivity contribution < 1.29 is 9.18 Å². The first kappa shape index (κ1) is 13.8. The average Bonchev–Trinajstić information content (AvgIpc) is 2.41.